The smallest absolute Gasteiger partial charge is 0.264 e. The predicted octanol–water partition coefficient (Wildman–Crippen LogP) is 1.86. The molecule has 3 heterocycles. The Bertz CT molecular complexity index is 605. The highest BCUT2D eigenvalue weighted by Gasteiger charge is 2.48. The van der Waals surface area contributed by atoms with Gasteiger partial charge in [-0.05, 0) is 68.6 Å². The Morgan fingerprint density at radius 3 is 2.52 bits per heavy atom. The molecule has 2 aliphatic heterocycles. The summed E-state index contributed by atoms with van der Waals surface area (Å²) in [5.74, 6) is -0.0896. The standard InChI is InChI=1S/C17H25N3O2S/c1-12-4-11-23-13(12)16(22)20-9-6-17(7-10-20)5-3-8-19(2)14(17)15(18)21/h4,11,14H,3,5-10H2,1-2H3,(H2,18,21). The minimum atomic E-state index is -0.221. The number of nitrogens with zero attached hydrogens (tertiary/aromatic N) is 2. The maximum absolute atomic E-state index is 12.7. The highest BCUT2D eigenvalue weighted by Crippen LogP contribution is 2.44. The number of amides is 2. The van der Waals surface area contributed by atoms with Crippen LogP contribution >= 0.6 is 11.3 Å². The van der Waals surface area contributed by atoms with Crippen LogP contribution < -0.4 is 5.73 Å². The number of aryl methyl sites for hydroxylation is 1. The molecule has 5 nitrogen and oxygen atoms in total. The highest BCUT2D eigenvalue weighted by molar-refractivity contribution is 7.12. The fourth-order valence-corrected chi connectivity index (χ4v) is 5.24. The lowest BCUT2D eigenvalue weighted by atomic mass is 9.66. The molecule has 1 atom stereocenters. The lowest BCUT2D eigenvalue weighted by Gasteiger charge is -2.51. The molecule has 0 radical (unpaired) electrons. The molecule has 23 heavy (non-hydrogen) atoms. The zero-order chi connectivity index (χ0) is 16.6. The van der Waals surface area contributed by atoms with E-state index in [0.717, 1.165) is 42.7 Å². The van der Waals surface area contributed by atoms with Gasteiger partial charge in [-0.2, -0.15) is 0 Å². The van der Waals surface area contributed by atoms with Gasteiger partial charge in [0.15, 0.2) is 0 Å². The number of thiophene rings is 1. The van der Waals surface area contributed by atoms with Crippen molar-refractivity contribution in [3.05, 3.63) is 21.9 Å². The zero-order valence-electron chi connectivity index (χ0n) is 13.9. The topological polar surface area (TPSA) is 66.6 Å². The first-order valence-electron chi connectivity index (χ1n) is 8.27. The average molecular weight is 335 g/mol. The maximum Gasteiger partial charge on any atom is 0.264 e. The van der Waals surface area contributed by atoms with Crippen molar-refractivity contribution >= 4 is 23.2 Å². The van der Waals surface area contributed by atoms with Gasteiger partial charge in [-0.1, -0.05) is 0 Å². The van der Waals surface area contributed by atoms with Gasteiger partial charge < -0.3 is 10.6 Å². The van der Waals surface area contributed by atoms with Gasteiger partial charge in [0.2, 0.25) is 5.91 Å². The Morgan fingerprint density at radius 1 is 1.26 bits per heavy atom. The van der Waals surface area contributed by atoms with E-state index in [9.17, 15) is 9.59 Å². The molecule has 126 valence electrons. The molecule has 0 aromatic carbocycles. The molecule has 2 N–H and O–H groups in total. The number of likely N-dealkylation sites (N-methyl/N-ethyl adjacent to an activating group) is 1. The Kier molecular flexibility index (Phi) is 4.47. The summed E-state index contributed by atoms with van der Waals surface area (Å²) in [5, 5.41) is 1.97. The zero-order valence-corrected chi connectivity index (χ0v) is 14.7. The molecule has 1 unspecified atom stereocenters. The number of nitrogens with two attached hydrogens (primary N) is 1. The second-order valence-electron chi connectivity index (χ2n) is 6.98. The van der Waals surface area contributed by atoms with E-state index in [2.05, 4.69) is 4.90 Å². The van der Waals surface area contributed by atoms with Gasteiger partial charge >= 0.3 is 0 Å². The van der Waals surface area contributed by atoms with Crippen LogP contribution in [0.5, 0.6) is 0 Å². The third-order valence-corrected chi connectivity index (χ3v) is 6.58. The second kappa shape index (κ2) is 6.24. The fraction of sp³-hybridized carbons (Fsp3) is 0.647. The number of hydrogen-bond acceptors (Lipinski definition) is 4. The minimum Gasteiger partial charge on any atom is -0.368 e. The van der Waals surface area contributed by atoms with E-state index in [1.54, 1.807) is 0 Å². The number of carbonyl (C=O) groups is 2. The normalized spacial score (nSPS) is 24.8. The van der Waals surface area contributed by atoms with Crippen molar-refractivity contribution in [3.63, 3.8) is 0 Å². The monoisotopic (exact) mass is 335 g/mol. The summed E-state index contributed by atoms with van der Waals surface area (Å²) < 4.78 is 0. The van der Waals surface area contributed by atoms with E-state index in [4.69, 9.17) is 5.73 Å². The van der Waals surface area contributed by atoms with Crippen LogP contribution in [0, 0.1) is 12.3 Å². The summed E-state index contributed by atoms with van der Waals surface area (Å²) >= 11 is 1.51. The predicted molar refractivity (Wildman–Crippen MR) is 91.5 cm³/mol. The van der Waals surface area contributed by atoms with Crippen LogP contribution in [0.4, 0.5) is 0 Å². The molecular formula is C17H25N3O2S. The van der Waals surface area contributed by atoms with Crippen LogP contribution in [0.25, 0.3) is 0 Å². The van der Waals surface area contributed by atoms with E-state index in [1.165, 1.54) is 11.3 Å². The van der Waals surface area contributed by atoms with E-state index in [-0.39, 0.29) is 23.3 Å². The van der Waals surface area contributed by atoms with Gasteiger partial charge in [0.1, 0.15) is 0 Å². The van der Waals surface area contributed by atoms with Crippen LogP contribution in [0.2, 0.25) is 0 Å². The van der Waals surface area contributed by atoms with Crippen molar-refractivity contribution < 1.29 is 9.59 Å². The number of carbonyl (C=O) groups excluding carboxylic acids is 2. The fourth-order valence-electron chi connectivity index (χ4n) is 4.35. The third kappa shape index (κ3) is 2.90. The van der Waals surface area contributed by atoms with E-state index in [0.29, 0.717) is 13.1 Å². The molecular weight excluding hydrogens is 310 g/mol. The molecule has 0 saturated carbocycles. The highest BCUT2D eigenvalue weighted by atomic mass is 32.1. The molecule has 0 aliphatic carbocycles. The Morgan fingerprint density at radius 2 is 1.96 bits per heavy atom. The van der Waals surface area contributed by atoms with Crippen molar-refractivity contribution in [1.29, 1.82) is 0 Å². The number of primary amides is 1. The minimum absolute atomic E-state index is 0.0554. The molecule has 2 saturated heterocycles. The Balaban J connectivity index is 1.73. The van der Waals surface area contributed by atoms with Gasteiger partial charge in [-0.25, -0.2) is 0 Å². The second-order valence-corrected chi connectivity index (χ2v) is 7.89. The van der Waals surface area contributed by atoms with Crippen LogP contribution in [0.1, 0.15) is 40.9 Å². The average Bonchev–Trinajstić information content (AvgIpc) is 2.93. The summed E-state index contributed by atoms with van der Waals surface area (Å²) in [6.45, 7) is 4.34. The quantitative estimate of drug-likeness (QED) is 0.897. The number of rotatable bonds is 2. The Labute approximate surface area is 141 Å². The number of likely N-dealkylation sites (tertiary alicyclic amines) is 2. The lowest BCUT2D eigenvalue weighted by Crippen LogP contribution is -2.60. The molecule has 0 bridgehead atoms. The van der Waals surface area contributed by atoms with Crippen molar-refractivity contribution in [1.82, 2.24) is 9.80 Å². The summed E-state index contributed by atoms with van der Waals surface area (Å²) in [6.07, 6.45) is 3.85. The lowest BCUT2D eigenvalue weighted by molar-refractivity contribution is -0.132. The molecule has 2 aliphatic rings. The van der Waals surface area contributed by atoms with Gasteiger partial charge in [0.05, 0.1) is 10.9 Å². The number of piperidine rings is 2. The van der Waals surface area contributed by atoms with Crippen molar-refractivity contribution in [3.8, 4) is 0 Å². The molecule has 2 amide bonds. The van der Waals surface area contributed by atoms with Crippen molar-refractivity contribution in [2.75, 3.05) is 26.7 Å². The molecule has 1 aromatic rings. The molecule has 6 heteroatoms. The summed E-state index contributed by atoms with van der Waals surface area (Å²) in [5.41, 5.74) is 6.69. The first kappa shape index (κ1) is 16.5. The van der Waals surface area contributed by atoms with Gasteiger partial charge in [-0.3, -0.25) is 14.5 Å². The SMILES string of the molecule is Cc1ccsc1C(=O)N1CCC2(CCCN(C)C2C(N)=O)CC1. The van der Waals surface area contributed by atoms with Crippen LogP contribution in [0.15, 0.2) is 11.4 Å². The molecule has 1 spiro atoms. The van der Waals surface area contributed by atoms with Crippen LogP contribution in [-0.2, 0) is 4.79 Å². The van der Waals surface area contributed by atoms with Crippen LogP contribution in [-0.4, -0.2) is 54.3 Å². The van der Waals surface area contributed by atoms with Gasteiger partial charge in [-0.15, -0.1) is 11.3 Å². The van der Waals surface area contributed by atoms with Crippen molar-refractivity contribution in [2.24, 2.45) is 11.1 Å². The first-order valence-corrected chi connectivity index (χ1v) is 9.15. The van der Waals surface area contributed by atoms with E-state index < -0.39 is 0 Å². The Hall–Kier alpha value is -1.40. The third-order valence-electron chi connectivity index (χ3n) is 5.58. The number of hydrogen-bond donors (Lipinski definition) is 1. The molecule has 2 fully saturated rings. The summed E-state index contributed by atoms with van der Waals surface area (Å²) in [6, 6.07) is 1.79. The van der Waals surface area contributed by atoms with E-state index >= 15 is 0 Å². The summed E-state index contributed by atoms with van der Waals surface area (Å²) in [4.78, 5) is 29.5. The summed E-state index contributed by atoms with van der Waals surface area (Å²) in [7, 11) is 1.99. The van der Waals surface area contributed by atoms with Crippen LogP contribution in [0.3, 0.4) is 0 Å². The first-order chi connectivity index (χ1) is 10.9. The maximum atomic E-state index is 12.7. The molecule has 1 aromatic heterocycles. The van der Waals surface area contributed by atoms with Gasteiger partial charge in [0, 0.05) is 13.1 Å². The van der Waals surface area contributed by atoms with Crippen molar-refractivity contribution in [2.45, 2.75) is 38.6 Å². The van der Waals surface area contributed by atoms with Gasteiger partial charge in [0.25, 0.3) is 5.91 Å². The largest absolute Gasteiger partial charge is 0.368 e. The molecule has 3 rings (SSSR count). The van der Waals surface area contributed by atoms with E-state index in [1.807, 2.05) is 30.3 Å².